The van der Waals surface area contributed by atoms with Crippen molar-refractivity contribution in [2.75, 3.05) is 11.4 Å². The van der Waals surface area contributed by atoms with Crippen LogP contribution >= 0.6 is 0 Å². The molecule has 0 amide bonds. The number of hydrogen-bond acceptors (Lipinski definition) is 4. The van der Waals surface area contributed by atoms with E-state index in [2.05, 4.69) is 25.9 Å². The predicted molar refractivity (Wildman–Crippen MR) is 66.3 cm³/mol. The van der Waals surface area contributed by atoms with E-state index in [-0.39, 0.29) is 0 Å². The number of anilines is 2. The minimum atomic E-state index is 0.804. The molecule has 1 aliphatic heterocycles. The third-order valence-corrected chi connectivity index (χ3v) is 2.99. The molecule has 0 aliphatic carbocycles. The van der Waals surface area contributed by atoms with Gasteiger partial charge in [0.05, 0.1) is 11.4 Å². The van der Waals surface area contributed by atoms with Gasteiger partial charge in [-0.05, 0) is 38.0 Å². The van der Waals surface area contributed by atoms with E-state index >= 15 is 0 Å². The Morgan fingerprint density at radius 1 is 1.18 bits per heavy atom. The highest BCUT2D eigenvalue weighted by molar-refractivity contribution is 5.63. The number of hydrogen-bond donors (Lipinski definition) is 0. The van der Waals surface area contributed by atoms with Gasteiger partial charge in [0.2, 0.25) is 0 Å². The molecular formula is C13H14N4. The summed E-state index contributed by atoms with van der Waals surface area (Å²) in [4.78, 5) is 15.3. The summed E-state index contributed by atoms with van der Waals surface area (Å²) in [5.74, 6) is 1.77. The Hall–Kier alpha value is -1.97. The molecule has 0 atom stereocenters. The van der Waals surface area contributed by atoms with Crippen LogP contribution in [0, 0.1) is 6.92 Å². The molecule has 0 N–H and O–H groups in total. The summed E-state index contributed by atoms with van der Waals surface area (Å²) >= 11 is 0. The maximum atomic E-state index is 4.48. The molecule has 0 aromatic carbocycles. The fourth-order valence-electron chi connectivity index (χ4n) is 2.22. The van der Waals surface area contributed by atoms with Crippen LogP contribution in [0.15, 0.2) is 30.6 Å². The van der Waals surface area contributed by atoms with E-state index in [0.717, 1.165) is 36.7 Å². The molecule has 2 aromatic heterocycles. The lowest BCUT2D eigenvalue weighted by atomic mass is 10.1. The molecule has 17 heavy (non-hydrogen) atoms. The summed E-state index contributed by atoms with van der Waals surface area (Å²) < 4.78 is 0. The van der Waals surface area contributed by atoms with Gasteiger partial charge in [0.25, 0.3) is 0 Å². The second kappa shape index (κ2) is 4.13. The standard InChI is InChI=1S/C13H14N4/c1-10-14-8-6-13(16-10)17-9-3-4-11-12(17)5-2-7-15-11/h2,5-8H,3-4,9H2,1H3. The maximum Gasteiger partial charge on any atom is 0.136 e. The number of aromatic nitrogens is 3. The first-order valence-electron chi connectivity index (χ1n) is 5.86. The molecule has 1 aliphatic rings. The maximum absolute atomic E-state index is 4.48. The highest BCUT2D eigenvalue weighted by Gasteiger charge is 2.19. The third-order valence-electron chi connectivity index (χ3n) is 2.99. The third kappa shape index (κ3) is 1.86. The first kappa shape index (κ1) is 10.2. The Balaban J connectivity index is 2.06. The van der Waals surface area contributed by atoms with Gasteiger partial charge in [-0.15, -0.1) is 0 Å². The van der Waals surface area contributed by atoms with Gasteiger partial charge in [-0.25, -0.2) is 9.97 Å². The van der Waals surface area contributed by atoms with Crippen LogP contribution < -0.4 is 4.90 Å². The lowest BCUT2D eigenvalue weighted by molar-refractivity contribution is 0.736. The van der Waals surface area contributed by atoms with E-state index in [1.165, 1.54) is 5.69 Å². The van der Waals surface area contributed by atoms with E-state index in [1.54, 1.807) is 0 Å². The second-order valence-corrected chi connectivity index (χ2v) is 4.19. The second-order valence-electron chi connectivity index (χ2n) is 4.19. The molecular weight excluding hydrogens is 212 g/mol. The Kier molecular flexibility index (Phi) is 2.48. The average Bonchev–Trinajstić information content (AvgIpc) is 2.38. The normalized spacial score (nSPS) is 14.5. The quantitative estimate of drug-likeness (QED) is 0.748. The van der Waals surface area contributed by atoms with Gasteiger partial charge in [0.15, 0.2) is 0 Å². The zero-order valence-electron chi connectivity index (χ0n) is 9.80. The van der Waals surface area contributed by atoms with Gasteiger partial charge in [-0.1, -0.05) is 0 Å². The average molecular weight is 226 g/mol. The van der Waals surface area contributed by atoms with Crippen molar-refractivity contribution in [2.24, 2.45) is 0 Å². The van der Waals surface area contributed by atoms with E-state index in [0.29, 0.717) is 0 Å². The van der Waals surface area contributed by atoms with Crippen molar-refractivity contribution in [1.82, 2.24) is 15.0 Å². The fraction of sp³-hybridized carbons (Fsp3) is 0.308. The van der Waals surface area contributed by atoms with Crippen LogP contribution in [-0.2, 0) is 6.42 Å². The van der Waals surface area contributed by atoms with Crippen LogP contribution in [0.1, 0.15) is 17.9 Å². The molecule has 3 heterocycles. The summed E-state index contributed by atoms with van der Waals surface area (Å²) in [6.45, 7) is 2.91. The molecule has 0 unspecified atom stereocenters. The molecule has 0 spiro atoms. The monoisotopic (exact) mass is 226 g/mol. The van der Waals surface area contributed by atoms with Crippen molar-refractivity contribution in [3.8, 4) is 0 Å². The van der Waals surface area contributed by atoms with Crippen LogP contribution in [0.5, 0.6) is 0 Å². The molecule has 86 valence electrons. The Morgan fingerprint density at radius 3 is 3.00 bits per heavy atom. The van der Waals surface area contributed by atoms with Crippen molar-refractivity contribution in [1.29, 1.82) is 0 Å². The summed E-state index contributed by atoms with van der Waals surface area (Å²) in [5.41, 5.74) is 2.34. The zero-order chi connectivity index (χ0) is 11.7. The van der Waals surface area contributed by atoms with Crippen molar-refractivity contribution in [3.05, 3.63) is 42.1 Å². The highest BCUT2D eigenvalue weighted by Crippen LogP contribution is 2.30. The lowest BCUT2D eigenvalue weighted by Crippen LogP contribution is -2.26. The number of fused-ring (bicyclic) bond motifs is 1. The van der Waals surface area contributed by atoms with E-state index in [4.69, 9.17) is 0 Å². The largest absolute Gasteiger partial charge is 0.325 e. The van der Waals surface area contributed by atoms with E-state index in [9.17, 15) is 0 Å². The van der Waals surface area contributed by atoms with Gasteiger partial charge < -0.3 is 4.90 Å². The first-order valence-corrected chi connectivity index (χ1v) is 5.86. The smallest absolute Gasteiger partial charge is 0.136 e. The Bertz CT molecular complexity index is 538. The topological polar surface area (TPSA) is 41.9 Å². The zero-order valence-corrected chi connectivity index (χ0v) is 9.80. The van der Waals surface area contributed by atoms with E-state index in [1.807, 2.05) is 31.5 Å². The predicted octanol–water partition coefficient (Wildman–Crippen LogP) is 2.26. The molecule has 0 bridgehead atoms. The minimum absolute atomic E-state index is 0.804. The number of nitrogens with zero attached hydrogens (tertiary/aromatic N) is 4. The van der Waals surface area contributed by atoms with Gasteiger partial charge in [0, 0.05) is 18.9 Å². The van der Waals surface area contributed by atoms with Crippen molar-refractivity contribution >= 4 is 11.5 Å². The van der Waals surface area contributed by atoms with Gasteiger partial charge in [-0.2, -0.15) is 0 Å². The Labute approximate surface area is 100 Å². The van der Waals surface area contributed by atoms with Crippen LogP contribution in [0.2, 0.25) is 0 Å². The molecule has 3 rings (SSSR count). The number of pyridine rings is 1. The number of aryl methyl sites for hydroxylation is 2. The van der Waals surface area contributed by atoms with Crippen LogP contribution in [0.25, 0.3) is 0 Å². The molecule has 0 radical (unpaired) electrons. The van der Waals surface area contributed by atoms with E-state index < -0.39 is 0 Å². The van der Waals surface area contributed by atoms with Crippen LogP contribution in [-0.4, -0.2) is 21.5 Å². The van der Waals surface area contributed by atoms with Gasteiger partial charge >= 0.3 is 0 Å². The SMILES string of the molecule is Cc1nccc(N2CCCc3ncccc32)n1. The van der Waals surface area contributed by atoms with Gasteiger partial charge in [0.1, 0.15) is 11.6 Å². The summed E-state index contributed by atoms with van der Waals surface area (Å²) in [6.07, 6.45) is 5.83. The van der Waals surface area contributed by atoms with Crippen molar-refractivity contribution in [2.45, 2.75) is 19.8 Å². The fourth-order valence-corrected chi connectivity index (χ4v) is 2.22. The van der Waals surface area contributed by atoms with Crippen LogP contribution in [0.3, 0.4) is 0 Å². The summed E-state index contributed by atoms with van der Waals surface area (Å²) in [5, 5.41) is 0. The van der Waals surface area contributed by atoms with Gasteiger partial charge in [-0.3, -0.25) is 4.98 Å². The molecule has 4 nitrogen and oxygen atoms in total. The summed E-state index contributed by atoms with van der Waals surface area (Å²) in [7, 11) is 0. The highest BCUT2D eigenvalue weighted by atomic mass is 15.2. The first-order chi connectivity index (χ1) is 8.34. The van der Waals surface area contributed by atoms with Crippen LogP contribution in [0.4, 0.5) is 11.5 Å². The molecule has 0 saturated carbocycles. The molecule has 2 aromatic rings. The number of rotatable bonds is 1. The van der Waals surface area contributed by atoms with Crippen molar-refractivity contribution in [3.63, 3.8) is 0 Å². The Morgan fingerprint density at radius 2 is 2.12 bits per heavy atom. The lowest BCUT2D eigenvalue weighted by Gasteiger charge is -2.29. The minimum Gasteiger partial charge on any atom is -0.325 e. The molecule has 0 saturated heterocycles. The molecule has 4 heteroatoms. The summed E-state index contributed by atoms with van der Waals surface area (Å²) in [6, 6.07) is 6.04. The molecule has 0 fully saturated rings. The van der Waals surface area contributed by atoms with Crippen molar-refractivity contribution < 1.29 is 0 Å².